The molecule has 1 aliphatic heterocycles. The zero-order valence-corrected chi connectivity index (χ0v) is 10.9. The van der Waals surface area contributed by atoms with E-state index in [-0.39, 0.29) is 6.10 Å². The first-order valence-corrected chi connectivity index (χ1v) is 6.30. The molecule has 0 radical (unpaired) electrons. The van der Waals surface area contributed by atoms with E-state index < -0.39 is 0 Å². The first-order valence-electron chi connectivity index (χ1n) is 5.92. The van der Waals surface area contributed by atoms with Crippen LogP contribution in [0.3, 0.4) is 0 Å². The highest BCUT2D eigenvalue weighted by Crippen LogP contribution is 2.24. The summed E-state index contributed by atoms with van der Waals surface area (Å²) in [6, 6.07) is 4.08. The third-order valence-corrected chi connectivity index (χ3v) is 3.64. The Morgan fingerprint density at radius 3 is 2.94 bits per heavy atom. The van der Waals surface area contributed by atoms with Gasteiger partial charge in [-0.25, -0.2) is 0 Å². The number of likely N-dealkylation sites (tertiary alicyclic amines) is 1. The van der Waals surface area contributed by atoms with E-state index in [2.05, 4.69) is 24.5 Å². The average Bonchev–Trinajstić information content (AvgIpc) is 2.69. The van der Waals surface area contributed by atoms with Crippen LogP contribution in [0, 0.1) is 6.92 Å². The lowest BCUT2D eigenvalue weighted by atomic mass is 10.0. The number of benzene rings is 1. The van der Waals surface area contributed by atoms with E-state index in [4.69, 9.17) is 11.6 Å². The molecule has 1 aromatic carbocycles. The number of aliphatic hydroxyl groups is 1. The Morgan fingerprint density at radius 1 is 1.59 bits per heavy atom. The lowest BCUT2D eigenvalue weighted by Crippen LogP contribution is -2.22. The Kier molecular flexibility index (Phi) is 3.87. The van der Waals surface area contributed by atoms with Gasteiger partial charge in [0.25, 0.3) is 0 Å². The molecule has 1 heterocycles. The molecule has 0 amide bonds. The molecule has 0 saturated carbocycles. The monoisotopic (exact) mass is 251 g/mol. The van der Waals surface area contributed by atoms with E-state index in [1.165, 1.54) is 11.1 Å². The van der Waals surface area contributed by atoms with Gasteiger partial charge in [0.05, 0.1) is 6.10 Å². The van der Waals surface area contributed by atoms with Crippen molar-refractivity contribution in [3.05, 3.63) is 40.4 Å². The van der Waals surface area contributed by atoms with Gasteiger partial charge < -0.3 is 5.11 Å². The van der Waals surface area contributed by atoms with Gasteiger partial charge in [-0.1, -0.05) is 30.3 Å². The fraction of sp³-hybridized carbons (Fsp3) is 0.429. The van der Waals surface area contributed by atoms with Crippen molar-refractivity contribution in [1.29, 1.82) is 0 Å². The van der Waals surface area contributed by atoms with Crippen molar-refractivity contribution in [1.82, 2.24) is 4.90 Å². The number of aliphatic hydroxyl groups excluding tert-OH is 1. The summed E-state index contributed by atoms with van der Waals surface area (Å²) in [6.07, 6.45) is 2.48. The van der Waals surface area contributed by atoms with E-state index in [0.29, 0.717) is 0 Å². The third kappa shape index (κ3) is 2.89. The van der Waals surface area contributed by atoms with Crippen LogP contribution in [-0.2, 0) is 6.54 Å². The maximum absolute atomic E-state index is 9.50. The predicted molar refractivity (Wildman–Crippen MR) is 72.2 cm³/mol. The van der Waals surface area contributed by atoms with Crippen LogP contribution < -0.4 is 0 Å². The van der Waals surface area contributed by atoms with E-state index in [1.54, 1.807) is 6.08 Å². The molecule has 0 spiro atoms. The number of rotatable bonds is 3. The van der Waals surface area contributed by atoms with Gasteiger partial charge in [-0.05, 0) is 36.1 Å². The number of aryl methyl sites for hydroxylation is 1. The molecule has 3 heteroatoms. The van der Waals surface area contributed by atoms with E-state index in [9.17, 15) is 5.11 Å². The minimum absolute atomic E-state index is 0.168. The molecular weight excluding hydrogens is 234 g/mol. The van der Waals surface area contributed by atoms with Crippen LogP contribution in [0.5, 0.6) is 0 Å². The molecule has 1 saturated heterocycles. The highest BCUT2D eigenvalue weighted by molar-refractivity contribution is 6.32. The van der Waals surface area contributed by atoms with Crippen molar-refractivity contribution in [2.45, 2.75) is 26.0 Å². The molecule has 2 rings (SSSR count). The first-order chi connectivity index (χ1) is 8.10. The Labute approximate surface area is 108 Å². The Bertz CT molecular complexity index is 430. The molecule has 0 aliphatic carbocycles. The summed E-state index contributed by atoms with van der Waals surface area (Å²) in [5, 5.41) is 10.3. The number of β-amino-alcohol motifs (C(OH)–C–C–N with tert-alkyl or cyclic N) is 1. The van der Waals surface area contributed by atoms with Gasteiger partial charge in [0.1, 0.15) is 0 Å². The fourth-order valence-corrected chi connectivity index (χ4v) is 2.53. The molecule has 2 nitrogen and oxygen atoms in total. The maximum atomic E-state index is 9.50. The SMILES string of the molecule is C=Cc1cc(C)c(CN2CC[C@@H](O)C2)cc1Cl. The van der Waals surface area contributed by atoms with Crippen molar-refractivity contribution in [3.8, 4) is 0 Å². The minimum atomic E-state index is -0.168. The minimum Gasteiger partial charge on any atom is -0.392 e. The third-order valence-electron chi connectivity index (χ3n) is 3.32. The molecule has 1 N–H and O–H groups in total. The van der Waals surface area contributed by atoms with Gasteiger partial charge in [-0.2, -0.15) is 0 Å². The smallest absolute Gasteiger partial charge is 0.0679 e. The maximum Gasteiger partial charge on any atom is 0.0679 e. The topological polar surface area (TPSA) is 23.5 Å². The zero-order chi connectivity index (χ0) is 12.4. The lowest BCUT2D eigenvalue weighted by Gasteiger charge is -2.17. The van der Waals surface area contributed by atoms with Gasteiger partial charge in [0.2, 0.25) is 0 Å². The predicted octanol–water partition coefficient (Wildman–Crippen LogP) is 2.86. The van der Waals surface area contributed by atoms with Crippen LogP contribution >= 0.6 is 11.6 Å². The summed E-state index contributed by atoms with van der Waals surface area (Å²) in [6.45, 7) is 8.42. The first kappa shape index (κ1) is 12.6. The van der Waals surface area contributed by atoms with Crippen molar-refractivity contribution in [2.75, 3.05) is 13.1 Å². The molecule has 1 fully saturated rings. The highest BCUT2D eigenvalue weighted by Gasteiger charge is 2.20. The summed E-state index contributed by atoms with van der Waals surface area (Å²) in [7, 11) is 0. The number of halogens is 1. The lowest BCUT2D eigenvalue weighted by molar-refractivity contribution is 0.174. The normalized spacial score (nSPS) is 20.8. The highest BCUT2D eigenvalue weighted by atomic mass is 35.5. The summed E-state index contributed by atoms with van der Waals surface area (Å²) < 4.78 is 0. The van der Waals surface area contributed by atoms with Crippen molar-refractivity contribution in [2.24, 2.45) is 0 Å². The molecule has 0 unspecified atom stereocenters. The van der Waals surface area contributed by atoms with E-state index in [1.807, 2.05) is 6.07 Å². The quantitative estimate of drug-likeness (QED) is 0.893. The zero-order valence-electron chi connectivity index (χ0n) is 10.1. The molecule has 17 heavy (non-hydrogen) atoms. The van der Waals surface area contributed by atoms with Crippen molar-refractivity contribution >= 4 is 17.7 Å². The van der Waals surface area contributed by atoms with Crippen LogP contribution in [0.2, 0.25) is 5.02 Å². The Balaban J connectivity index is 2.16. The summed E-state index contributed by atoms with van der Waals surface area (Å²) >= 11 is 6.18. The van der Waals surface area contributed by atoms with Crippen LogP contribution in [0.25, 0.3) is 6.08 Å². The van der Waals surface area contributed by atoms with Crippen molar-refractivity contribution in [3.63, 3.8) is 0 Å². The van der Waals surface area contributed by atoms with Gasteiger partial charge in [0, 0.05) is 24.7 Å². The Hall–Kier alpha value is -0.830. The van der Waals surface area contributed by atoms with Crippen molar-refractivity contribution < 1.29 is 5.11 Å². The second-order valence-electron chi connectivity index (χ2n) is 4.68. The molecule has 1 aromatic rings. The number of hydrogen-bond acceptors (Lipinski definition) is 2. The van der Waals surface area contributed by atoms with Crippen LogP contribution in [-0.4, -0.2) is 29.2 Å². The summed E-state index contributed by atoms with van der Waals surface area (Å²) in [4.78, 5) is 2.26. The van der Waals surface area contributed by atoms with Gasteiger partial charge in [0.15, 0.2) is 0 Å². The summed E-state index contributed by atoms with van der Waals surface area (Å²) in [5.41, 5.74) is 3.44. The van der Waals surface area contributed by atoms with Crippen LogP contribution in [0.4, 0.5) is 0 Å². The standard InChI is InChI=1S/C14H18ClNO/c1-3-11-6-10(2)12(7-14(11)15)8-16-5-4-13(17)9-16/h3,6-7,13,17H,1,4-5,8-9H2,2H3/t13-/m1/s1. The van der Waals surface area contributed by atoms with E-state index >= 15 is 0 Å². The number of hydrogen-bond donors (Lipinski definition) is 1. The molecular formula is C14H18ClNO. The molecule has 1 aliphatic rings. The Morgan fingerprint density at radius 2 is 2.35 bits per heavy atom. The van der Waals surface area contributed by atoms with E-state index in [0.717, 1.165) is 36.6 Å². The second kappa shape index (κ2) is 5.21. The number of nitrogens with zero attached hydrogens (tertiary/aromatic N) is 1. The van der Waals surface area contributed by atoms with Crippen LogP contribution in [0.1, 0.15) is 23.1 Å². The second-order valence-corrected chi connectivity index (χ2v) is 5.09. The largest absolute Gasteiger partial charge is 0.392 e. The van der Waals surface area contributed by atoms with Gasteiger partial charge in [-0.15, -0.1) is 0 Å². The summed E-state index contributed by atoms with van der Waals surface area (Å²) in [5.74, 6) is 0. The average molecular weight is 252 g/mol. The molecule has 92 valence electrons. The van der Waals surface area contributed by atoms with Gasteiger partial charge >= 0.3 is 0 Å². The molecule has 0 aromatic heterocycles. The molecule has 1 atom stereocenters. The van der Waals surface area contributed by atoms with Crippen LogP contribution in [0.15, 0.2) is 18.7 Å². The van der Waals surface area contributed by atoms with Gasteiger partial charge in [-0.3, -0.25) is 4.90 Å². The fourth-order valence-electron chi connectivity index (χ4n) is 2.27. The molecule has 0 bridgehead atoms.